The highest BCUT2D eigenvalue weighted by Crippen LogP contribution is 2.19. The molecular weight excluding hydrogens is 252 g/mol. The standard InChI is InChI=1S/C12H19BrN2/c1-9(2)7-15(3)8-10-4-5-11(13)6-12(10)14/h4-6,9H,7-8,14H2,1-3H3. The van der Waals surface area contributed by atoms with E-state index in [1.54, 1.807) is 0 Å². The Morgan fingerprint density at radius 3 is 2.60 bits per heavy atom. The van der Waals surface area contributed by atoms with Crippen LogP contribution in [0.5, 0.6) is 0 Å². The predicted molar refractivity (Wildman–Crippen MR) is 69.7 cm³/mol. The summed E-state index contributed by atoms with van der Waals surface area (Å²) in [4.78, 5) is 2.30. The van der Waals surface area contributed by atoms with Gasteiger partial charge in [0.05, 0.1) is 0 Å². The molecule has 1 aromatic carbocycles. The number of rotatable bonds is 4. The molecule has 15 heavy (non-hydrogen) atoms. The van der Waals surface area contributed by atoms with Crippen molar-refractivity contribution < 1.29 is 0 Å². The van der Waals surface area contributed by atoms with Gasteiger partial charge in [0.15, 0.2) is 0 Å². The minimum Gasteiger partial charge on any atom is -0.398 e. The van der Waals surface area contributed by atoms with Crippen LogP contribution in [0.2, 0.25) is 0 Å². The Labute approximate surface area is 101 Å². The number of benzene rings is 1. The third-order valence-corrected chi connectivity index (χ3v) is 2.72. The number of halogens is 1. The van der Waals surface area contributed by atoms with Crippen LogP contribution < -0.4 is 5.73 Å². The van der Waals surface area contributed by atoms with Gasteiger partial charge in [0.2, 0.25) is 0 Å². The largest absolute Gasteiger partial charge is 0.398 e. The molecule has 0 aliphatic heterocycles. The van der Waals surface area contributed by atoms with Crippen LogP contribution in [0.4, 0.5) is 5.69 Å². The first-order chi connectivity index (χ1) is 6.99. The molecule has 2 N–H and O–H groups in total. The fourth-order valence-corrected chi connectivity index (χ4v) is 2.07. The van der Waals surface area contributed by atoms with E-state index in [-0.39, 0.29) is 0 Å². The number of nitrogens with zero attached hydrogens (tertiary/aromatic N) is 1. The van der Waals surface area contributed by atoms with Crippen LogP contribution in [-0.4, -0.2) is 18.5 Å². The zero-order chi connectivity index (χ0) is 11.4. The molecule has 0 aromatic heterocycles. The summed E-state index contributed by atoms with van der Waals surface area (Å²) >= 11 is 3.41. The maximum absolute atomic E-state index is 5.94. The lowest BCUT2D eigenvalue weighted by molar-refractivity contribution is 0.289. The van der Waals surface area contributed by atoms with Crippen molar-refractivity contribution >= 4 is 21.6 Å². The van der Waals surface area contributed by atoms with E-state index >= 15 is 0 Å². The Kier molecular flexibility index (Phi) is 4.61. The van der Waals surface area contributed by atoms with Gasteiger partial charge < -0.3 is 10.6 Å². The van der Waals surface area contributed by atoms with Crippen LogP contribution in [0, 0.1) is 5.92 Å². The maximum Gasteiger partial charge on any atom is 0.0371 e. The minimum absolute atomic E-state index is 0.687. The fraction of sp³-hybridized carbons (Fsp3) is 0.500. The van der Waals surface area contributed by atoms with Crippen LogP contribution in [0.15, 0.2) is 22.7 Å². The van der Waals surface area contributed by atoms with E-state index in [0.29, 0.717) is 5.92 Å². The Morgan fingerprint density at radius 2 is 2.07 bits per heavy atom. The van der Waals surface area contributed by atoms with Crippen molar-refractivity contribution in [2.75, 3.05) is 19.3 Å². The summed E-state index contributed by atoms with van der Waals surface area (Å²) in [5.74, 6) is 0.687. The van der Waals surface area contributed by atoms with Crippen LogP contribution in [0.25, 0.3) is 0 Å². The van der Waals surface area contributed by atoms with Gasteiger partial charge in [-0.3, -0.25) is 0 Å². The molecule has 0 atom stereocenters. The first-order valence-electron chi connectivity index (χ1n) is 5.21. The summed E-state index contributed by atoms with van der Waals surface area (Å²) in [5, 5.41) is 0. The van der Waals surface area contributed by atoms with Crippen molar-refractivity contribution in [3.63, 3.8) is 0 Å². The van der Waals surface area contributed by atoms with Crippen molar-refractivity contribution in [3.05, 3.63) is 28.2 Å². The van der Waals surface area contributed by atoms with Gasteiger partial charge in [0.25, 0.3) is 0 Å². The number of nitrogen functional groups attached to an aromatic ring is 1. The lowest BCUT2D eigenvalue weighted by atomic mass is 10.1. The van der Waals surface area contributed by atoms with Gasteiger partial charge in [0.1, 0.15) is 0 Å². The molecule has 0 spiro atoms. The lowest BCUT2D eigenvalue weighted by Crippen LogP contribution is -2.23. The average Bonchev–Trinajstić information content (AvgIpc) is 2.08. The molecule has 0 heterocycles. The molecule has 0 aliphatic rings. The first-order valence-corrected chi connectivity index (χ1v) is 6.00. The number of anilines is 1. The molecule has 1 aromatic rings. The second-order valence-electron chi connectivity index (χ2n) is 4.43. The van der Waals surface area contributed by atoms with Crippen molar-refractivity contribution in [2.45, 2.75) is 20.4 Å². The van der Waals surface area contributed by atoms with Crippen LogP contribution in [0.3, 0.4) is 0 Å². The van der Waals surface area contributed by atoms with E-state index in [0.717, 1.165) is 23.2 Å². The second-order valence-corrected chi connectivity index (χ2v) is 5.35. The van der Waals surface area contributed by atoms with Crippen LogP contribution in [0.1, 0.15) is 19.4 Å². The molecule has 2 nitrogen and oxygen atoms in total. The van der Waals surface area contributed by atoms with E-state index in [1.807, 2.05) is 12.1 Å². The summed E-state index contributed by atoms with van der Waals surface area (Å²) in [6.07, 6.45) is 0. The molecule has 0 radical (unpaired) electrons. The van der Waals surface area contributed by atoms with E-state index in [4.69, 9.17) is 5.73 Å². The molecule has 0 amide bonds. The highest BCUT2D eigenvalue weighted by atomic mass is 79.9. The van der Waals surface area contributed by atoms with E-state index in [1.165, 1.54) is 5.56 Å². The SMILES string of the molecule is CC(C)CN(C)Cc1ccc(Br)cc1N. The van der Waals surface area contributed by atoms with Crippen LogP contribution in [-0.2, 0) is 6.54 Å². The van der Waals surface area contributed by atoms with Gasteiger partial charge in [0, 0.05) is 23.2 Å². The molecule has 1 rings (SSSR count). The van der Waals surface area contributed by atoms with Gasteiger partial charge in [-0.25, -0.2) is 0 Å². The molecule has 0 saturated carbocycles. The van der Waals surface area contributed by atoms with E-state index in [2.05, 4.69) is 47.8 Å². The van der Waals surface area contributed by atoms with Crippen molar-refractivity contribution in [2.24, 2.45) is 5.92 Å². The predicted octanol–water partition coefficient (Wildman–Crippen LogP) is 3.12. The summed E-state index contributed by atoms with van der Waals surface area (Å²) < 4.78 is 1.04. The lowest BCUT2D eigenvalue weighted by Gasteiger charge is -2.19. The Bertz CT molecular complexity index is 323. The van der Waals surface area contributed by atoms with Gasteiger partial charge in [-0.05, 0) is 30.7 Å². The molecule has 3 heteroatoms. The summed E-state index contributed by atoms with van der Waals surface area (Å²) in [6.45, 7) is 6.45. The second kappa shape index (κ2) is 5.52. The molecule has 84 valence electrons. The van der Waals surface area contributed by atoms with Crippen molar-refractivity contribution in [1.29, 1.82) is 0 Å². The van der Waals surface area contributed by atoms with Crippen molar-refractivity contribution in [3.8, 4) is 0 Å². The van der Waals surface area contributed by atoms with Crippen LogP contribution >= 0.6 is 15.9 Å². The molecule has 0 bridgehead atoms. The Morgan fingerprint density at radius 1 is 1.40 bits per heavy atom. The van der Waals surface area contributed by atoms with Crippen molar-refractivity contribution in [1.82, 2.24) is 4.90 Å². The normalized spacial score (nSPS) is 11.3. The minimum atomic E-state index is 0.687. The highest BCUT2D eigenvalue weighted by molar-refractivity contribution is 9.10. The average molecular weight is 271 g/mol. The molecule has 0 fully saturated rings. The topological polar surface area (TPSA) is 29.3 Å². The highest BCUT2D eigenvalue weighted by Gasteiger charge is 2.05. The number of hydrogen-bond acceptors (Lipinski definition) is 2. The zero-order valence-corrected chi connectivity index (χ0v) is 11.2. The zero-order valence-electron chi connectivity index (χ0n) is 9.63. The van der Waals surface area contributed by atoms with Gasteiger partial charge in [-0.1, -0.05) is 35.8 Å². The molecular formula is C12H19BrN2. The maximum atomic E-state index is 5.94. The monoisotopic (exact) mass is 270 g/mol. The Hall–Kier alpha value is -0.540. The van der Waals surface area contributed by atoms with Gasteiger partial charge in [-0.15, -0.1) is 0 Å². The fourth-order valence-electron chi connectivity index (χ4n) is 1.69. The quantitative estimate of drug-likeness (QED) is 0.852. The third kappa shape index (κ3) is 4.22. The summed E-state index contributed by atoms with van der Waals surface area (Å²) in [6, 6.07) is 6.07. The number of hydrogen-bond donors (Lipinski definition) is 1. The van der Waals surface area contributed by atoms with E-state index in [9.17, 15) is 0 Å². The molecule has 0 aliphatic carbocycles. The first kappa shape index (κ1) is 12.5. The smallest absolute Gasteiger partial charge is 0.0371 e. The third-order valence-electron chi connectivity index (χ3n) is 2.23. The Balaban J connectivity index is 2.64. The number of nitrogens with two attached hydrogens (primary N) is 1. The molecule has 0 unspecified atom stereocenters. The summed E-state index contributed by atoms with van der Waals surface area (Å²) in [5.41, 5.74) is 8.00. The van der Waals surface area contributed by atoms with E-state index < -0.39 is 0 Å². The molecule has 0 saturated heterocycles. The van der Waals surface area contributed by atoms with Gasteiger partial charge >= 0.3 is 0 Å². The van der Waals surface area contributed by atoms with Gasteiger partial charge in [-0.2, -0.15) is 0 Å². The summed E-state index contributed by atoms with van der Waals surface area (Å²) in [7, 11) is 2.13.